The van der Waals surface area contributed by atoms with E-state index >= 15 is 0 Å². The van der Waals surface area contributed by atoms with E-state index < -0.39 is 0 Å². The lowest BCUT2D eigenvalue weighted by Crippen LogP contribution is -2.41. The molecule has 1 aliphatic rings. The van der Waals surface area contributed by atoms with Gasteiger partial charge in [-0.3, -0.25) is 4.79 Å². The first-order chi connectivity index (χ1) is 15.4. The number of halogens is 1. The molecular formula is C25H34FN5O. The molecule has 0 atom stereocenters. The number of carbonyl (C=O) groups is 1. The van der Waals surface area contributed by atoms with Gasteiger partial charge >= 0.3 is 0 Å². The molecule has 7 heteroatoms. The summed E-state index contributed by atoms with van der Waals surface area (Å²) >= 11 is 0. The molecule has 172 valence electrons. The lowest BCUT2D eigenvalue weighted by molar-refractivity contribution is 0.0951. The van der Waals surface area contributed by atoms with Gasteiger partial charge in [0.1, 0.15) is 5.82 Å². The Morgan fingerprint density at radius 1 is 1.09 bits per heavy atom. The molecule has 0 radical (unpaired) electrons. The number of hydrogen-bond acceptors (Lipinski definition) is 3. The van der Waals surface area contributed by atoms with Crippen LogP contribution in [0.15, 0.2) is 53.5 Å². The molecule has 1 amide bonds. The highest BCUT2D eigenvalue weighted by atomic mass is 19.1. The predicted octanol–water partition coefficient (Wildman–Crippen LogP) is 2.90. The van der Waals surface area contributed by atoms with Gasteiger partial charge in [0, 0.05) is 37.2 Å². The molecule has 0 bridgehead atoms. The Kier molecular flexibility index (Phi) is 8.22. The molecule has 1 fully saturated rings. The second-order valence-corrected chi connectivity index (χ2v) is 8.57. The zero-order chi connectivity index (χ0) is 23.0. The molecule has 1 aliphatic carbocycles. The Hall–Kier alpha value is -2.93. The molecule has 2 aromatic rings. The molecule has 0 spiro atoms. The molecule has 2 aromatic carbocycles. The maximum atomic E-state index is 14.3. The van der Waals surface area contributed by atoms with Gasteiger partial charge in [-0.15, -0.1) is 0 Å². The Bertz CT molecular complexity index is 939. The third-order valence-corrected chi connectivity index (χ3v) is 5.69. The summed E-state index contributed by atoms with van der Waals surface area (Å²) in [6.45, 7) is 5.22. The van der Waals surface area contributed by atoms with Crippen molar-refractivity contribution in [2.45, 2.75) is 31.7 Å². The molecule has 0 aliphatic heterocycles. The first-order valence-corrected chi connectivity index (χ1v) is 11.2. The van der Waals surface area contributed by atoms with Gasteiger partial charge in [0.25, 0.3) is 5.91 Å². The molecule has 6 nitrogen and oxygen atoms in total. The first-order valence-electron chi connectivity index (χ1n) is 11.2. The molecule has 32 heavy (non-hydrogen) atoms. The highest BCUT2D eigenvalue weighted by Gasteiger charge is 2.45. The summed E-state index contributed by atoms with van der Waals surface area (Å²) < 4.78 is 14.3. The number of hydrogen-bond donors (Lipinski definition) is 3. The van der Waals surface area contributed by atoms with Crippen LogP contribution in [0.3, 0.4) is 0 Å². The summed E-state index contributed by atoms with van der Waals surface area (Å²) in [6, 6.07) is 14.6. The summed E-state index contributed by atoms with van der Waals surface area (Å²) in [4.78, 5) is 19.1. The summed E-state index contributed by atoms with van der Waals surface area (Å²) in [5.41, 5.74) is 2.20. The molecule has 3 N–H and O–H groups in total. The highest BCUT2D eigenvalue weighted by molar-refractivity contribution is 5.94. The SMILES string of the molecule is CCNC(=NCc1cccc(C(=O)NCCN(C)C)c1)NCC1(c2ccccc2F)CC1. The van der Waals surface area contributed by atoms with Crippen LogP contribution < -0.4 is 16.0 Å². The predicted molar refractivity (Wildman–Crippen MR) is 127 cm³/mol. The average molecular weight is 440 g/mol. The Labute approximate surface area is 190 Å². The van der Waals surface area contributed by atoms with E-state index in [0.717, 1.165) is 37.1 Å². The summed E-state index contributed by atoms with van der Waals surface area (Å²) in [6.07, 6.45) is 1.93. The minimum absolute atomic E-state index is 0.0803. The van der Waals surface area contributed by atoms with Crippen LogP contribution in [0.5, 0.6) is 0 Å². The van der Waals surface area contributed by atoms with Gasteiger partial charge in [-0.05, 0) is 63.2 Å². The van der Waals surface area contributed by atoms with Crippen LogP contribution in [-0.2, 0) is 12.0 Å². The van der Waals surface area contributed by atoms with Gasteiger partial charge in [-0.25, -0.2) is 9.38 Å². The number of benzene rings is 2. The van der Waals surface area contributed by atoms with Crippen LogP contribution in [0.4, 0.5) is 4.39 Å². The molecule has 0 heterocycles. The number of amides is 1. The number of nitrogens with zero attached hydrogens (tertiary/aromatic N) is 2. The number of guanidine groups is 1. The normalized spacial score (nSPS) is 14.8. The fraction of sp³-hybridized carbons (Fsp3) is 0.440. The maximum absolute atomic E-state index is 14.3. The summed E-state index contributed by atoms with van der Waals surface area (Å²) in [5, 5.41) is 9.57. The molecular weight excluding hydrogens is 405 g/mol. The van der Waals surface area contributed by atoms with E-state index in [1.165, 1.54) is 6.07 Å². The fourth-order valence-corrected chi connectivity index (χ4v) is 3.65. The van der Waals surface area contributed by atoms with Gasteiger partial charge in [-0.1, -0.05) is 30.3 Å². The average Bonchev–Trinajstić information content (AvgIpc) is 3.57. The van der Waals surface area contributed by atoms with E-state index in [4.69, 9.17) is 0 Å². The minimum Gasteiger partial charge on any atom is -0.357 e. The van der Waals surface area contributed by atoms with Crippen molar-refractivity contribution in [2.75, 3.05) is 40.3 Å². The zero-order valence-corrected chi connectivity index (χ0v) is 19.2. The van der Waals surface area contributed by atoms with Crippen LogP contribution in [0.25, 0.3) is 0 Å². The number of carbonyl (C=O) groups excluding carboxylic acids is 1. The van der Waals surface area contributed by atoms with Gasteiger partial charge in [0.2, 0.25) is 0 Å². The van der Waals surface area contributed by atoms with E-state index in [1.54, 1.807) is 6.07 Å². The van der Waals surface area contributed by atoms with Crippen molar-refractivity contribution >= 4 is 11.9 Å². The molecule has 3 rings (SSSR count). The molecule has 0 unspecified atom stereocenters. The lowest BCUT2D eigenvalue weighted by Gasteiger charge is -2.19. The van der Waals surface area contributed by atoms with Crippen molar-refractivity contribution in [3.63, 3.8) is 0 Å². The van der Waals surface area contributed by atoms with Gasteiger partial charge < -0.3 is 20.9 Å². The minimum atomic E-state index is -0.161. The maximum Gasteiger partial charge on any atom is 0.251 e. The van der Waals surface area contributed by atoms with Crippen LogP contribution >= 0.6 is 0 Å². The Morgan fingerprint density at radius 3 is 2.56 bits per heavy atom. The number of aliphatic imine (C=N–C) groups is 1. The highest BCUT2D eigenvalue weighted by Crippen LogP contribution is 2.48. The third-order valence-electron chi connectivity index (χ3n) is 5.69. The van der Waals surface area contributed by atoms with E-state index in [9.17, 15) is 9.18 Å². The molecule has 1 saturated carbocycles. The van der Waals surface area contributed by atoms with E-state index in [1.807, 2.05) is 62.3 Å². The van der Waals surface area contributed by atoms with E-state index in [-0.39, 0.29) is 17.1 Å². The van der Waals surface area contributed by atoms with Crippen LogP contribution in [0.2, 0.25) is 0 Å². The van der Waals surface area contributed by atoms with Crippen LogP contribution in [0.1, 0.15) is 41.3 Å². The van der Waals surface area contributed by atoms with Crippen molar-refractivity contribution in [1.82, 2.24) is 20.9 Å². The van der Waals surface area contributed by atoms with Crippen molar-refractivity contribution in [1.29, 1.82) is 0 Å². The van der Waals surface area contributed by atoms with Crippen LogP contribution in [0, 0.1) is 5.82 Å². The number of nitrogens with one attached hydrogen (secondary N) is 3. The second-order valence-electron chi connectivity index (χ2n) is 8.57. The van der Waals surface area contributed by atoms with Crippen LogP contribution in [-0.4, -0.2) is 57.0 Å². The van der Waals surface area contributed by atoms with Gasteiger partial charge in [0.15, 0.2) is 5.96 Å². The largest absolute Gasteiger partial charge is 0.357 e. The second kappa shape index (κ2) is 11.1. The monoisotopic (exact) mass is 439 g/mol. The van der Waals surface area contributed by atoms with Crippen molar-refractivity contribution in [3.8, 4) is 0 Å². The standard InChI is InChI=1S/C25H34FN5O/c1-4-27-24(30-18-25(12-13-25)21-10-5-6-11-22(21)26)29-17-19-8-7-9-20(16-19)23(32)28-14-15-31(2)3/h5-11,16H,4,12-15,17-18H2,1-3H3,(H,28,32)(H2,27,29,30). The number of rotatable bonds is 10. The topological polar surface area (TPSA) is 68.8 Å². The van der Waals surface area contributed by atoms with Crippen molar-refractivity contribution in [2.24, 2.45) is 4.99 Å². The molecule has 0 saturated heterocycles. The Morgan fingerprint density at radius 2 is 1.88 bits per heavy atom. The first kappa shape index (κ1) is 23.7. The Balaban J connectivity index is 1.60. The molecule has 0 aromatic heterocycles. The summed E-state index contributed by atoms with van der Waals surface area (Å²) in [7, 11) is 3.95. The fourth-order valence-electron chi connectivity index (χ4n) is 3.65. The van der Waals surface area contributed by atoms with Crippen molar-refractivity contribution in [3.05, 3.63) is 71.0 Å². The zero-order valence-electron chi connectivity index (χ0n) is 19.2. The van der Waals surface area contributed by atoms with Gasteiger partial charge in [-0.2, -0.15) is 0 Å². The quantitative estimate of drug-likeness (QED) is 0.393. The smallest absolute Gasteiger partial charge is 0.251 e. The van der Waals surface area contributed by atoms with Gasteiger partial charge in [0.05, 0.1) is 6.54 Å². The van der Waals surface area contributed by atoms with Crippen molar-refractivity contribution < 1.29 is 9.18 Å². The lowest BCUT2D eigenvalue weighted by atomic mass is 9.95. The van der Waals surface area contributed by atoms with E-state index in [2.05, 4.69) is 20.9 Å². The summed E-state index contributed by atoms with van der Waals surface area (Å²) in [5.74, 6) is 0.466. The van der Waals surface area contributed by atoms with E-state index in [0.29, 0.717) is 31.2 Å². The number of likely N-dealkylation sites (N-methyl/N-ethyl adjacent to an activating group) is 1. The third kappa shape index (κ3) is 6.53.